The topological polar surface area (TPSA) is 91.3 Å². The van der Waals surface area contributed by atoms with Crippen LogP contribution < -0.4 is 10.6 Å². The molecule has 4 rings (SSSR count). The van der Waals surface area contributed by atoms with Crippen molar-refractivity contribution in [3.05, 3.63) is 108 Å². The van der Waals surface area contributed by atoms with E-state index in [1.54, 1.807) is 36.3 Å². The van der Waals surface area contributed by atoms with Gasteiger partial charge in [0, 0.05) is 24.5 Å². The van der Waals surface area contributed by atoms with E-state index in [4.69, 9.17) is 0 Å². The number of hydrogen-bond donors (Lipinski definition) is 3. The molecular formula is C31H31N3O3S. The van der Waals surface area contributed by atoms with E-state index in [0.29, 0.717) is 24.3 Å². The third kappa shape index (κ3) is 6.61. The highest BCUT2D eigenvalue weighted by atomic mass is 32.2. The molecule has 4 aromatic rings. The number of rotatable bonds is 11. The number of carboxylic acid groups (broad SMARTS) is 1. The van der Waals surface area contributed by atoms with E-state index in [2.05, 4.69) is 40.7 Å². The summed E-state index contributed by atoms with van der Waals surface area (Å²) in [6.07, 6.45) is 5.80. The quantitative estimate of drug-likeness (QED) is 0.214. The molecular weight excluding hydrogens is 494 g/mol. The van der Waals surface area contributed by atoms with Gasteiger partial charge in [0.15, 0.2) is 0 Å². The third-order valence-electron chi connectivity index (χ3n) is 6.35. The number of aliphatic carboxylic acids is 1. The summed E-state index contributed by atoms with van der Waals surface area (Å²) in [5, 5.41) is 15.8. The van der Waals surface area contributed by atoms with Crippen molar-refractivity contribution in [3.63, 3.8) is 0 Å². The molecule has 0 spiro atoms. The molecule has 1 aromatic heterocycles. The number of pyridine rings is 1. The maximum atomic E-state index is 13.4. The van der Waals surface area contributed by atoms with Crippen LogP contribution >= 0.6 is 11.8 Å². The molecule has 0 bridgehead atoms. The first-order valence-electron chi connectivity index (χ1n) is 12.4. The molecule has 38 heavy (non-hydrogen) atoms. The molecule has 0 aliphatic heterocycles. The summed E-state index contributed by atoms with van der Waals surface area (Å²) in [6.45, 7) is 2.68. The van der Waals surface area contributed by atoms with Crippen molar-refractivity contribution in [3.8, 4) is 22.3 Å². The van der Waals surface area contributed by atoms with Gasteiger partial charge in [-0.1, -0.05) is 54.6 Å². The number of carbonyl (C=O) groups excluding carboxylic acids is 1. The van der Waals surface area contributed by atoms with Gasteiger partial charge in [-0.2, -0.15) is 11.8 Å². The Hall–Kier alpha value is -4.10. The second-order valence-electron chi connectivity index (χ2n) is 8.98. The molecule has 0 saturated carbocycles. The number of hydrogen-bond acceptors (Lipinski definition) is 5. The van der Waals surface area contributed by atoms with Crippen molar-refractivity contribution in [2.75, 3.05) is 17.3 Å². The van der Waals surface area contributed by atoms with Crippen LogP contribution in [-0.4, -0.2) is 40.0 Å². The van der Waals surface area contributed by atoms with E-state index in [-0.39, 0.29) is 0 Å². The maximum absolute atomic E-state index is 13.4. The first-order chi connectivity index (χ1) is 18.5. The lowest BCUT2D eigenvalue weighted by molar-refractivity contribution is -0.139. The summed E-state index contributed by atoms with van der Waals surface area (Å²) in [4.78, 5) is 29.3. The lowest BCUT2D eigenvalue weighted by Gasteiger charge is -2.19. The Morgan fingerprint density at radius 2 is 1.68 bits per heavy atom. The summed E-state index contributed by atoms with van der Waals surface area (Å²) < 4.78 is 0. The van der Waals surface area contributed by atoms with Gasteiger partial charge in [0.05, 0.1) is 5.69 Å². The van der Waals surface area contributed by atoms with E-state index < -0.39 is 17.9 Å². The number of anilines is 1. The minimum Gasteiger partial charge on any atom is -0.480 e. The number of benzene rings is 3. The standard InChI is InChI=1S/C31H31N3O3S/c1-21-8-3-4-10-24(21)28-18-22(19-33-23-9-7-16-32-20-23)13-14-26(28)25-11-5-6-12-27(25)30(35)34-29(31(36)37)15-17-38-2/h3-14,16,18,20,29,33H,15,17,19H2,1-2H3,(H,34,35)(H,36,37)/t29-/m0/s1. The SMILES string of the molecule is CSCC[C@H](NC(=O)c1ccccc1-c1ccc(CNc2cccnc2)cc1-c1ccccc1C)C(=O)O. The van der Waals surface area contributed by atoms with E-state index >= 15 is 0 Å². The van der Waals surface area contributed by atoms with Gasteiger partial charge < -0.3 is 15.7 Å². The molecule has 1 heterocycles. The molecule has 6 nitrogen and oxygen atoms in total. The van der Waals surface area contributed by atoms with E-state index in [1.165, 1.54) is 0 Å². The van der Waals surface area contributed by atoms with Crippen LogP contribution in [0.25, 0.3) is 22.3 Å². The monoisotopic (exact) mass is 525 g/mol. The molecule has 3 N–H and O–H groups in total. The fraction of sp³-hybridized carbons (Fsp3) is 0.194. The van der Waals surface area contributed by atoms with Crippen LogP contribution in [0, 0.1) is 6.92 Å². The van der Waals surface area contributed by atoms with Crippen molar-refractivity contribution in [2.24, 2.45) is 0 Å². The normalized spacial score (nSPS) is 11.5. The number of carbonyl (C=O) groups is 2. The molecule has 0 aliphatic carbocycles. The van der Waals surface area contributed by atoms with Crippen molar-refractivity contribution < 1.29 is 14.7 Å². The number of amides is 1. The first-order valence-corrected chi connectivity index (χ1v) is 13.8. The molecule has 0 saturated heterocycles. The Balaban J connectivity index is 1.73. The van der Waals surface area contributed by atoms with Crippen molar-refractivity contribution in [1.29, 1.82) is 0 Å². The maximum Gasteiger partial charge on any atom is 0.326 e. The van der Waals surface area contributed by atoms with Crippen LogP contribution in [0.2, 0.25) is 0 Å². The molecule has 1 atom stereocenters. The molecule has 0 unspecified atom stereocenters. The van der Waals surface area contributed by atoms with Gasteiger partial charge in [-0.25, -0.2) is 4.79 Å². The van der Waals surface area contributed by atoms with Crippen LogP contribution in [0.15, 0.2) is 91.3 Å². The zero-order chi connectivity index (χ0) is 26.9. The lowest BCUT2D eigenvalue weighted by atomic mass is 9.88. The molecule has 0 fully saturated rings. The zero-order valence-corrected chi connectivity index (χ0v) is 22.3. The molecule has 3 aromatic carbocycles. The fourth-order valence-corrected chi connectivity index (χ4v) is 4.82. The van der Waals surface area contributed by atoms with E-state index in [0.717, 1.165) is 39.1 Å². The molecule has 7 heteroatoms. The van der Waals surface area contributed by atoms with Gasteiger partial charge in [-0.05, 0) is 83.0 Å². The largest absolute Gasteiger partial charge is 0.480 e. The molecule has 1 amide bonds. The Bertz CT molecular complexity index is 1410. The minimum atomic E-state index is -1.03. The summed E-state index contributed by atoms with van der Waals surface area (Å²) >= 11 is 1.55. The number of aryl methyl sites for hydroxylation is 1. The lowest BCUT2D eigenvalue weighted by Crippen LogP contribution is -2.41. The van der Waals surface area contributed by atoms with E-state index in [1.807, 2.05) is 54.8 Å². The third-order valence-corrected chi connectivity index (χ3v) is 7.00. The highest BCUT2D eigenvalue weighted by molar-refractivity contribution is 7.98. The highest BCUT2D eigenvalue weighted by Gasteiger charge is 2.23. The minimum absolute atomic E-state index is 0.359. The van der Waals surface area contributed by atoms with Gasteiger partial charge in [-0.15, -0.1) is 0 Å². The fourth-order valence-electron chi connectivity index (χ4n) is 4.35. The average Bonchev–Trinajstić information content (AvgIpc) is 2.94. The number of carboxylic acids is 1. The van der Waals surface area contributed by atoms with Crippen LogP contribution in [0.5, 0.6) is 0 Å². The summed E-state index contributed by atoms with van der Waals surface area (Å²) in [5.74, 6) is -0.784. The zero-order valence-electron chi connectivity index (χ0n) is 21.5. The predicted molar refractivity (Wildman–Crippen MR) is 156 cm³/mol. The highest BCUT2D eigenvalue weighted by Crippen LogP contribution is 2.36. The average molecular weight is 526 g/mol. The second kappa shape index (κ2) is 12.9. The van der Waals surface area contributed by atoms with Crippen molar-refractivity contribution in [1.82, 2.24) is 10.3 Å². The summed E-state index contributed by atoms with van der Waals surface area (Å²) in [7, 11) is 0. The van der Waals surface area contributed by atoms with Gasteiger partial charge in [0.25, 0.3) is 5.91 Å². The van der Waals surface area contributed by atoms with Crippen molar-refractivity contribution >= 4 is 29.3 Å². The van der Waals surface area contributed by atoms with Crippen LogP contribution in [-0.2, 0) is 11.3 Å². The van der Waals surface area contributed by atoms with Crippen LogP contribution in [0.3, 0.4) is 0 Å². The molecule has 194 valence electrons. The molecule has 0 aliphatic rings. The number of aromatic nitrogens is 1. The number of nitrogens with one attached hydrogen (secondary N) is 2. The first kappa shape index (κ1) is 26.9. The summed E-state index contributed by atoms with van der Waals surface area (Å²) in [5.41, 5.74) is 7.33. The van der Waals surface area contributed by atoms with Gasteiger partial charge in [0.2, 0.25) is 0 Å². The smallest absolute Gasteiger partial charge is 0.326 e. The Morgan fingerprint density at radius 3 is 2.39 bits per heavy atom. The second-order valence-corrected chi connectivity index (χ2v) is 9.97. The summed E-state index contributed by atoms with van der Waals surface area (Å²) in [6, 6.07) is 24.7. The number of thioether (sulfide) groups is 1. The van der Waals surface area contributed by atoms with Gasteiger partial charge in [-0.3, -0.25) is 9.78 Å². The molecule has 0 radical (unpaired) electrons. The van der Waals surface area contributed by atoms with E-state index in [9.17, 15) is 14.7 Å². The van der Waals surface area contributed by atoms with Crippen molar-refractivity contribution in [2.45, 2.75) is 25.9 Å². The van der Waals surface area contributed by atoms with Gasteiger partial charge >= 0.3 is 5.97 Å². The van der Waals surface area contributed by atoms with Crippen LogP contribution in [0.1, 0.15) is 27.9 Å². The predicted octanol–water partition coefficient (Wildman–Crippen LogP) is 6.27. The Kier molecular flexibility index (Phi) is 9.16. The van der Waals surface area contributed by atoms with Crippen LogP contribution in [0.4, 0.5) is 5.69 Å². The number of nitrogens with zero attached hydrogens (tertiary/aromatic N) is 1. The van der Waals surface area contributed by atoms with Gasteiger partial charge in [0.1, 0.15) is 6.04 Å². The Labute approximate surface area is 227 Å². The Morgan fingerprint density at radius 1 is 0.921 bits per heavy atom.